The first-order valence-corrected chi connectivity index (χ1v) is 8.47. The van der Waals surface area contributed by atoms with Gasteiger partial charge in [-0.2, -0.15) is 0 Å². The van der Waals surface area contributed by atoms with Crippen molar-refractivity contribution in [1.29, 1.82) is 0 Å². The van der Waals surface area contributed by atoms with Crippen LogP contribution >= 0.6 is 23.4 Å². The van der Waals surface area contributed by atoms with Gasteiger partial charge in [0.2, 0.25) is 0 Å². The van der Waals surface area contributed by atoms with Crippen LogP contribution in [0.3, 0.4) is 0 Å². The van der Waals surface area contributed by atoms with E-state index in [1.165, 1.54) is 0 Å². The quantitative estimate of drug-likeness (QED) is 0.470. The molecule has 112 valence electrons. The van der Waals surface area contributed by atoms with Crippen LogP contribution in [0, 0.1) is 0 Å². The smallest absolute Gasteiger partial charge is 0.138 e. The summed E-state index contributed by atoms with van der Waals surface area (Å²) in [4.78, 5) is 5.95. The zero-order valence-electron chi connectivity index (χ0n) is 12.2. The number of pyridine rings is 1. The van der Waals surface area contributed by atoms with Gasteiger partial charge in [0.1, 0.15) is 16.4 Å². The van der Waals surface area contributed by atoms with Gasteiger partial charge in [0.25, 0.3) is 0 Å². The highest BCUT2D eigenvalue weighted by atomic mass is 35.5. The maximum atomic E-state index is 5.99. The van der Waals surface area contributed by atoms with Crippen LogP contribution < -0.4 is 0 Å². The number of fused-ring (bicyclic) bond motifs is 1. The molecule has 0 radical (unpaired) electrons. The predicted molar refractivity (Wildman–Crippen MR) is 96.2 cm³/mol. The number of imidazole rings is 1. The SMILES string of the molecule is Clc1ccc(Sc2c(-c3ccccc3)nc3ccccn23)cc1. The standard InChI is InChI=1S/C19H13ClN2S/c20-15-9-11-16(12-10-15)23-19-18(14-6-2-1-3-7-14)21-17-8-4-5-13-22(17)19/h1-13H. The summed E-state index contributed by atoms with van der Waals surface area (Å²) >= 11 is 7.68. The van der Waals surface area contributed by atoms with E-state index in [1.807, 2.05) is 66.9 Å². The minimum atomic E-state index is 0.746. The van der Waals surface area contributed by atoms with Gasteiger partial charge in [-0.05, 0) is 36.4 Å². The fourth-order valence-electron chi connectivity index (χ4n) is 2.47. The third kappa shape index (κ3) is 2.85. The molecule has 2 aromatic carbocycles. The van der Waals surface area contributed by atoms with Crippen LogP contribution in [0.2, 0.25) is 5.02 Å². The number of nitrogens with zero attached hydrogens (tertiary/aromatic N) is 2. The number of aromatic nitrogens is 2. The molecule has 0 saturated carbocycles. The molecule has 0 unspecified atom stereocenters. The van der Waals surface area contributed by atoms with Gasteiger partial charge < -0.3 is 0 Å². The second kappa shape index (κ2) is 6.11. The van der Waals surface area contributed by atoms with Crippen LogP contribution in [-0.2, 0) is 0 Å². The number of rotatable bonds is 3. The summed E-state index contributed by atoms with van der Waals surface area (Å²) in [7, 11) is 0. The van der Waals surface area contributed by atoms with Gasteiger partial charge in [-0.3, -0.25) is 4.40 Å². The van der Waals surface area contributed by atoms with Gasteiger partial charge in [0.05, 0.1) is 0 Å². The molecule has 2 aromatic heterocycles. The van der Waals surface area contributed by atoms with Crippen LogP contribution in [0.25, 0.3) is 16.9 Å². The first-order chi connectivity index (χ1) is 11.3. The molecule has 2 nitrogen and oxygen atoms in total. The zero-order chi connectivity index (χ0) is 15.6. The maximum absolute atomic E-state index is 5.99. The molecule has 0 saturated heterocycles. The van der Waals surface area contributed by atoms with Crippen molar-refractivity contribution in [3.63, 3.8) is 0 Å². The fraction of sp³-hybridized carbons (Fsp3) is 0. The summed E-state index contributed by atoms with van der Waals surface area (Å²) in [6.07, 6.45) is 2.05. The predicted octanol–water partition coefficient (Wildman–Crippen LogP) is 5.81. The lowest BCUT2D eigenvalue weighted by atomic mass is 10.2. The molecule has 4 heteroatoms. The van der Waals surface area contributed by atoms with Crippen molar-refractivity contribution in [2.45, 2.75) is 9.92 Å². The van der Waals surface area contributed by atoms with E-state index in [4.69, 9.17) is 16.6 Å². The highest BCUT2D eigenvalue weighted by molar-refractivity contribution is 7.99. The molecular formula is C19H13ClN2S. The van der Waals surface area contributed by atoms with E-state index in [0.29, 0.717) is 0 Å². The first kappa shape index (κ1) is 14.4. The number of halogens is 1. The number of benzene rings is 2. The molecule has 2 heterocycles. The lowest BCUT2D eigenvalue weighted by Gasteiger charge is -2.05. The summed E-state index contributed by atoms with van der Waals surface area (Å²) in [5, 5.41) is 1.85. The molecule has 0 amide bonds. The molecule has 0 bridgehead atoms. The molecule has 4 rings (SSSR count). The summed E-state index contributed by atoms with van der Waals surface area (Å²) < 4.78 is 2.13. The topological polar surface area (TPSA) is 17.3 Å². The lowest BCUT2D eigenvalue weighted by Crippen LogP contribution is -1.86. The van der Waals surface area contributed by atoms with Crippen molar-refractivity contribution >= 4 is 29.0 Å². The van der Waals surface area contributed by atoms with Crippen LogP contribution in [-0.4, -0.2) is 9.38 Å². The first-order valence-electron chi connectivity index (χ1n) is 7.27. The minimum Gasteiger partial charge on any atom is -0.294 e. The van der Waals surface area contributed by atoms with Crippen molar-refractivity contribution in [3.05, 3.63) is 84.0 Å². The molecule has 0 spiro atoms. The van der Waals surface area contributed by atoms with Crippen molar-refractivity contribution in [3.8, 4) is 11.3 Å². The van der Waals surface area contributed by atoms with E-state index in [1.54, 1.807) is 11.8 Å². The largest absolute Gasteiger partial charge is 0.294 e. The van der Waals surface area contributed by atoms with Crippen LogP contribution in [0.5, 0.6) is 0 Å². The highest BCUT2D eigenvalue weighted by Gasteiger charge is 2.14. The molecule has 0 aliphatic carbocycles. The average Bonchev–Trinajstić information content (AvgIpc) is 2.96. The van der Waals surface area contributed by atoms with Crippen LogP contribution in [0.4, 0.5) is 0 Å². The Morgan fingerprint density at radius 1 is 0.826 bits per heavy atom. The molecule has 0 atom stereocenters. The van der Waals surface area contributed by atoms with Crippen molar-refractivity contribution < 1.29 is 0 Å². The van der Waals surface area contributed by atoms with Gasteiger partial charge in [-0.15, -0.1) is 0 Å². The number of hydrogen-bond acceptors (Lipinski definition) is 2. The molecular weight excluding hydrogens is 324 g/mol. The second-order valence-electron chi connectivity index (χ2n) is 5.12. The minimum absolute atomic E-state index is 0.746. The van der Waals surface area contributed by atoms with E-state index in [-0.39, 0.29) is 0 Å². The van der Waals surface area contributed by atoms with E-state index in [2.05, 4.69) is 16.5 Å². The Bertz CT molecular complexity index is 946. The Morgan fingerprint density at radius 3 is 2.35 bits per heavy atom. The van der Waals surface area contributed by atoms with Gasteiger partial charge in [-0.25, -0.2) is 4.98 Å². The van der Waals surface area contributed by atoms with Gasteiger partial charge in [-0.1, -0.05) is 59.8 Å². The molecule has 0 aliphatic rings. The monoisotopic (exact) mass is 336 g/mol. The summed E-state index contributed by atoms with van der Waals surface area (Å²) in [6, 6.07) is 24.2. The Kier molecular flexibility index (Phi) is 3.82. The lowest BCUT2D eigenvalue weighted by molar-refractivity contribution is 1.05. The Labute approximate surface area is 143 Å². The van der Waals surface area contributed by atoms with Crippen molar-refractivity contribution in [2.75, 3.05) is 0 Å². The molecule has 4 aromatic rings. The van der Waals surface area contributed by atoms with Crippen molar-refractivity contribution in [1.82, 2.24) is 9.38 Å². The maximum Gasteiger partial charge on any atom is 0.138 e. The Morgan fingerprint density at radius 2 is 1.57 bits per heavy atom. The number of hydrogen-bond donors (Lipinski definition) is 0. The summed E-state index contributed by atoms with van der Waals surface area (Å²) in [6.45, 7) is 0. The molecule has 0 fully saturated rings. The van der Waals surface area contributed by atoms with E-state index in [9.17, 15) is 0 Å². The molecule has 23 heavy (non-hydrogen) atoms. The zero-order valence-corrected chi connectivity index (χ0v) is 13.8. The molecule has 0 aliphatic heterocycles. The van der Waals surface area contributed by atoms with Gasteiger partial charge in [0, 0.05) is 21.7 Å². The second-order valence-corrected chi connectivity index (χ2v) is 6.62. The van der Waals surface area contributed by atoms with E-state index in [0.717, 1.165) is 31.8 Å². The van der Waals surface area contributed by atoms with Crippen molar-refractivity contribution in [2.24, 2.45) is 0 Å². The van der Waals surface area contributed by atoms with Crippen LogP contribution in [0.1, 0.15) is 0 Å². The van der Waals surface area contributed by atoms with E-state index >= 15 is 0 Å². The third-order valence-electron chi connectivity index (χ3n) is 3.56. The Hall–Kier alpha value is -2.23. The average molecular weight is 337 g/mol. The van der Waals surface area contributed by atoms with Crippen LogP contribution in [0.15, 0.2) is 88.9 Å². The van der Waals surface area contributed by atoms with E-state index < -0.39 is 0 Å². The fourth-order valence-corrected chi connectivity index (χ4v) is 3.60. The normalized spacial score (nSPS) is 11.0. The van der Waals surface area contributed by atoms with Gasteiger partial charge >= 0.3 is 0 Å². The molecule has 0 N–H and O–H groups in total. The highest BCUT2D eigenvalue weighted by Crippen LogP contribution is 2.36. The summed E-state index contributed by atoms with van der Waals surface area (Å²) in [5.74, 6) is 0. The Balaban J connectivity index is 1.87. The third-order valence-corrected chi connectivity index (χ3v) is 4.90. The summed E-state index contributed by atoms with van der Waals surface area (Å²) in [5.41, 5.74) is 3.06. The van der Waals surface area contributed by atoms with Gasteiger partial charge in [0.15, 0.2) is 0 Å².